The Morgan fingerprint density at radius 2 is 2.36 bits per heavy atom. The first-order valence-corrected chi connectivity index (χ1v) is 5.31. The van der Waals surface area contributed by atoms with Crippen molar-refractivity contribution in [2.24, 2.45) is 5.92 Å². The first kappa shape index (κ1) is 8.50. The summed E-state index contributed by atoms with van der Waals surface area (Å²) in [6.45, 7) is 3.43. The Bertz CT molecular complexity index is 338. The van der Waals surface area contributed by atoms with Gasteiger partial charge in [-0.1, -0.05) is 11.6 Å². The molecule has 3 heterocycles. The lowest BCUT2D eigenvalue weighted by Crippen LogP contribution is -2.55. The molecule has 1 aromatic rings. The topological polar surface area (TPSA) is 28.2 Å². The highest BCUT2D eigenvalue weighted by Gasteiger charge is 2.42. The van der Waals surface area contributed by atoms with Crippen molar-refractivity contribution in [3.05, 3.63) is 23.5 Å². The van der Waals surface area contributed by atoms with Crippen molar-refractivity contribution in [1.29, 1.82) is 0 Å². The van der Waals surface area contributed by atoms with Crippen LogP contribution in [0.5, 0.6) is 0 Å². The van der Waals surface area contributed by atoms with E-state index in [9.17, 15) is 0 Å². The molecule has 0 amide bonds. The van der Waals surface area contributed by atoms with Crippen LogP contribution < -0.4 is 10.2 Å². The van der Waals surface area contributed by atoms with E-state index >= 15 is 0 Å². The highest BCUT2D eigenvalue weighted by molar-refractivity contribution is 6.29. The fraction of sp³-hybridized carbons (Fsp3) is 0.500. The first-order chi connectivity index (χ1) is 6.84. The second kappa shape index (κ2) is 3.11. The lowest BCUT2D eigenvalue weighted by atomic mass is 9.91. The SMILES string of the molecule is Clc1ccc(N2C[C@H]3CNC[C@@H]32)cn1. The summed E-state index contributed by atoms with van der Waals surface area (Å²) in [6, 6.07) is 4.58. The van der Waals surface area contributed by atoms with Crippen molar-refractivity contribution in [2.75, 3.05) is 24.5 Å². The summed E-state index contributed by atoms with van der Waals surface area (Å²) in [5, 5.41) is 3.97. The quantitative estimate of drug-likeness (QED) is 0.704. The summed E-state index contributed by atoms with van der Waals surface area (Å²) in [4.78, 5) is 6.50. The highest BCUT2D eigenvalue weighted by Crippen LogP contribution is 2.32. The lowest BCUT2D eigenvalue weighted by Gasteiger charge is -2.45. The molecule has 2 atom stereocenters. The predicted molar refractivity (Wildman–Crippen MR) is 56.7 cm³/mol. The first-order valence-electron chi connectivity index (χ1n) is 4.93. The van der Waals surface area contributed by atoms with Crippen LogP contribution in [0, 0.1) is 5.92 Å². The maximum Gasteiger partial charge on any atom is 0.129 e. The molecular weight excluding hydrogens is 198 g/mol. The van der Waals surface area contributed by atoms with Gasteiger partial charge in [0.1, 0.15) is 5.15 Å². The zero-order chi connectivity index (χ0) is 9.54. The summed E-state index contributed by atoms with van der Waals surface area (Å²) in [7, 11) is 0. The summed E-state index contributed by atoms with van der Waals surface area (Å²) in [6.07, 6.45) is 1.86. The average molecular weight is 210 g/mol. The van der Waals surface area contributed by atoms with Crippen LogP contribution in [0.3, 0.4) is 0 Å². The molecule has 0 spiro atoms. The number of nitrogens with zero attached hydrogens (tertiary/aromatic N) is 2. The molecule has 2 aliphatic heterocycles. The fourth-order valence-corrected chi connectivity index (χ4v) is 2.47. The Balaban J connectivity index is 1.80. The number of halogens is 1. The van der Waals surface area contributed by atoms with Crippen molar-refractivity contribution in [3.8, 4) is 0 Å². The number of anilines is 1. The van der Waals surface area contributed by atoms with Gasteiger partial charge < -0.3 is 10.2 Å². The molecule has 2 fully saturated rings. The number of rotatable bonds is 1. The minimum Gasteiger partial charge on any atom is -0.365 e. The molecule has 3 rings (SSSR count). The molecule has 0 unspecified atom stereocenters. The number of fused-ring (bicyclic) bond motifs is 1. The molecule has 0 aliphatic carbocycles. The number of hydrogen-bond acceptors (Lipinski definition) is 3. The summed E-state index contributed by atoms with van der Waals surface area (Å²) < 4.78 is 0. The van der Waals surface area contributed by atoms with Crippen LogP contribution in [-0.4, -0.2) is 30.7 Å². The van der Waals surface area contributed by atoms with E-state index in [-0.39, 0.29) is 0 Å². The van der Waals surface area contributed by atoms with Gasteiger partial charge in [-0.2, -0.15) is 0 Å². The smallest absolute Gasteiger partial charge is 0.129 e. The average Bonchev–Trinajstić information content (AvgIpc) is 2.52. The van der Waals surface area contributed by atoms with Gasteiger partial charge in [-0.25, -0.2) is 4.98 Å². The van der Waals surface area contributed by atoms with Gasteiger partial charge in [0, 0.05) is 31.6 Å². The van der Waals surface area contributed by atoms with E-state index in [0.29, 0.717) is 11.2 Å². The summed E-state index contributed by atoms with van der Waals surface area (Å²) in [5.74, 6) is 0.839. The molecule has 3 nitrogen and oxygen atoms in total. The minimum atomic E-state index is 0.565. The third-order valence-corrected chi connectivity index (χ3v) is 3.40. The van der Waals surface area contributed by atoms with Gasteiger partial charge in [0.15, 0.2) is 0 Å². The zero-order valence-corrected chi connectivity index (χ0v) is 8.54. The van der Waals surface area contributed by atoms with Gasteiger partial charge >= 0.3 is 0 Å². The third kappa shape index (κ3) is 1.20. The van der Waals surface area contributed by atoms with Gasteiger partial charge in [-0.05, 0) is 12.1 Å². The maximum atomic E-state index is 5.75. The second-order valence-electron chi connectivity index (χ2n) is 3.98. The Morgan fingerprint density at radius 1 is 1.43 bits per heavy atom. The molecule has 0 radical (unpaired) electrons. The van der Waals surface area contributed by atoms with Crippen molar-refractivity contribution >= 4 is 17.3 Å². The monoisotopic (exact) mass is 209 g/mol. The summed E-state index contributed by atoms with van der Waals surface area (Å²) in [5.41, 5.74) is 1.19. The van der Waals surface area contributed by atoms with Gasteiger partial charge in [0.05, 0.1) is 11.9 Å². The normalized spacial score (nSPS) is 29.9. The van der Waals surface area contributed by atoms with Crippen LogP contribution in [0.15, 0.2) is 18.3 Å². The van der Waals surface area contributed by atoms with Crippen molar-refractivity contribution in [2.45, 2.75) is 6.04 Å². The van der Waals surface area contributed by atoms with E-state index in [2.05, 4.69) is 15.2 Å². The standard InChI is InChI=1S/C10H12ClN3/c11-10-2-1-8(4-13-10)14-6-7-3-12-5-9(7)14/h1-2,4,7,9,12H,3,5-6H2/t7-,9+/m1/s1. The molecule has 4 heteroatoms. The number of aromatic nitrogens is 1. The van der Waals surface area contributed by atoms with Crippen LogP contribution in [-0.2, 0) is 0 Å². The molecule has 0 bridgehead atoms. The van der Waals surface area contributed by atoms with E-state index in [4.69, 9.17) is 11.6 Å². The van der Waals surface area contributed by atoms with Gasteiger partial charge in [-0.15, -0.1) is 0 Å². The molecule has 2 aliphatic rings. The van der Waals surface area contributed by atoms with Crippen LogP contribution in [0.25, 0.3) is 0 Å². The van der Waals surface area contributed by atoms with Crippen molar-refractivity contribution < 1.29 is 0 Å². The van der Waals surface area contributed by atoms with E-state index < -0.39 is 0 Å². The van der Waals surface area contributed by atoms with Gasteiger partial charge in [0.25, 0.3) is 0 Å². The largest absolute Gasteiger partial charge is 0.365 e. The third-order valence-electron chi connectivity index (χ3n) is 3.18. The summed E-state index contributed by atoms with van der Waals surface area (Å²) >= 11 is 5.75. The Labute approximate surface area is 88.1 Å². The van der Waals surface area contributed by atoms with Crippen molar-refractivity contribution in [3.63, 3.8) is 0 Å². The van der Waals surface area contributed by atoms with Crippen LogP contribution >= 0.6 is 11.6 Å². The van der Waals surface area contributed by atoms with E-state index in [0.717, 1.165) is 19.0 Å². The van der Waals surface area contributed by atoms with Crippen molar-refractivity contribution in [1.82, 2.24) is 10.3 Å². The molecule has 0 saturated carbocycles. The zero-order valence-electron chi connectivity index (χ0n) is 7.78. The minimum absolute atomic E-state index is 0.565. The second-order valence-corrected chi connectivity index (χ2v) is 4.36. The molecule has 2 saturated heterocycles. The molecular formula is C10H12ClN3. The number of nitrogens with one attached hydrogen (secondary N) is 1. The van der Waals surface area contributed by atoms with Crippen LogP contribution in [0.4, 0.5) is 5.69 Å². The molecule has 14 heavy (non-hydrogen) atoms. The fourth-order valence-electron chi connectivity index (χ4n) is 2.36. The van der Waals surface area contributed by atoms with Gasteiger partial charge in [0.2, 0.25) is 0 Å². The highest BCUT2D eigenvalue weighted by atomic mass is 35.5. The molecule has 0 aromatic carbocycles. The molecule has 1 N–H and O–H groups in total. The van der Waals surface area contributed by atoms with Gasteiger partial charge in [-0.3, -0.25) is 0 Å². The Morgan fingerprint density at radius 3 is 3.07 bits per heavy atom. The predicted octanol–water partition coefficient (Wildman–Crippen LogP) is 1.14. The van der Waals surface area contributed by atoms with E-state index in [1.54, 1.807) is 0 Å². The number of hydrogen-bond donors (Lipinski definition) is 1. The Kier molecular flexibility index (Phi) is 1.89. The molecule has 1 aromatic heterocycles. The van der Waals surface area contributed by atoms with Crippen LogP contribution in [0.2, 0.25) is 5.15 Å². The maximum absolute atomic E-state index is 5.75. The van der Waals surface area contributed by atoms with Crippen LogP contribution in [0.1, 0.15) is 0 Å². The lowest BCUT2D eigenvalue weighted by molar-refractivity contribution is 0.365. The van der Waals surface area contributed by atoms with E-state index in [1.165, 1.54) is 12.2 Å². The Hall–Kier alpha value is -0.800. The number of pyridine rings is 1. The van der Waals surface area contributed by atoms with E-state index in [1.807, 2.05) is 18.3 Å². The molecule has 74 valence electrons.